The Labute approximate surface area is 75.0 Å². The zero-order valence-electron chi connectivity index (χ0n) is 7.16. The van der Waals surface area contributed by atoms with Gasteiger partial charge in [0.2, 0.25) is 0 Å². The number of halogens is 1. The molecule has 0 aliphatic carbocycles. The number of aliphatic imine (C=N–C) groups is 2. The summed E-state index contributed by atoms with van der Waals surface area (Å²) >= 11 is 0. The fraction of sp³-hybridized carbons (Fsp3) is 0.125. The van der Waals surface area contributed by atoms with Crippen LogP contribution < -0.4 is 5.73 Å². The average molecular weight is 180 g/mol. The van der Waals surface area contributed by atoms with Gasteiger partial charge in [0.05, 0.1) is 6.20 Å². The maximum Gasteiger partial charge on any atom is 0.167 e. The third-order valence-corrected chi connectivity index (χ3v) is 1.55. The van der Waals surface area contributed by atoms with Crippen LogP contribution in [0, 0.1) is 12.7 Å². The van der Waals surface area contributed by atoms with Gasteiger partial charge in [-0.05, 0) is 13.6 Å². The minimum absolute atomic E-state index is 0.153. The fourth-order valence-electron chi connectivity index (χ4n) is 0.842. The predicted octanol–water partition coefficient (Wildman–Crippen LogP) is 1.47. The SMILES string of the molecule is C=NC=Nc1c(F)cnc(N)c1C. The van der Waals surface area contributed by atoms with Gasteiger partial charge >= 0.3 is 0 Å². The van der Waals surface area contributed by atoms with E-state index in [0.29, 0.717) is 5.56 Å². The van der Waals surface area contributed by atoms with Gasteiger partial charge in [0.25, 0.3) is 0 Å². The number of aromatic nitrogens is 1. The van der Waals surface area contributed by atoms with Crippen molar-refractivity contribution in [2.24, 2.45) is 9.98 Å². The first-order valence-corrected chi connectivity index (χ1v) is 3.55. The second-order valence-corrected chi connectivity index (χ2v) is 2.39. The molecule has 0 aromatic carbocycles. The maximum atomic E-state index is 13.1. The van der Waals surface area contributed by atoms with E-state index in [9.17, 15) is 4.39 Å². The third kappa shape index (κ3) is 1.87. The molecule has 0 aliphatic heterocycles. The standard InChI is InChI=1S/C8H9FN4/c1-5-7(13-4-11-2)6(9)3-12-8(5)10/h3-4H,2H2,1H3,(H2,10,12). The zero-order chi connectivity index (χ0) is 9.84. The Bertz CT molecular complexity index is 359. The molecule has 68 valence electrons. The molecule has 1 aromatic rings. The van der Waals surface area contributed by atoms with Crippen LogP contribution in [0.25, 0.3) is 0 Å². The van der Waals surface area contributed by atoms with Crippen molar-refractivity contribution in [3.05, 3.63) is 17.6 Å². The Morgan fingerprint density at radius 3 is 3.00 bits per heavy atom. The summed E-state index contributed by atoms with van der Waals surface area (Å²) in [5.41, 5.74) is 6.12. The molecular weight excluding hydrogens is 171 g/mol. The first-order chi connectivity index (χ1) is 6.16. The molecule has 0 atom stereocenters. The number of hydrogen-bond acceptors (Lipinski definition) is 3. The molecule has 0 spiro atoms. The Balaban J connectivity index is 3.25. The third-order valence-electron chi connectivity index (χ3n) is 1.55. The van der Waals surface area contributed by atoms with Crippen LogP contribution >= 0.6 is 0 Å². The normalized spacial score (nSPS) is 10.6. The molecule has 0 saturated carbocycles. The number of anilines is 1. The van der Waals surface area contributed by atoms with Crippen LogP contribution in [0.4, 0.5) is 15.9 Å². The molecule has 1 aromatic heterocycles. The summed E-state index contributed by atoms with van der Waals surface area (Å²) in [4.78, 5) is 10.7. The highest BCUT2D eigenvalue weighted by Crippen LogP contribution is 2.24. The first-order valence-electron chi connectivity index (χ1n) is 3.55. The van der Waals surface area contributed by atoms with E-state index >= 15 is 0 Å². The van der Waals surface area contributed by atoms with Crippen LogP contribution in [0.2, 0.25) is 0 Å². The zero-order valence-corrected chi connectivity index (χ0v) is 7.16. The van der Waals surface area contributed by atoms with Gasteiger partial charge in [-0.25, -0.2) is 14.4 Å². The summed E-state index contributed by atoms with van der Waals surface area (Å²) in [6, 6.07) is 0. The van der Waals surface area contributed by atoms with Gasteiger partial charge in [0, 0.05) is 5.56 Å². The minimum Gasteiger partial charge on any atom is -0.383 e. The molecule has 0 amide bonds. The average Bonchev–Trinajstić information content (AvgIpc) is 2.12. The monoisotopic (exact) mass is 180 g/mol. The lowest BCUT2D eigenvalue weighted by Crippen LogP contribution is -1.95. The molecule has 13 heavy (non-hydrogen) atoms. The number of rotatable bonds is 2. The van der Waals surface area contributed by atoms with E-state index in [1.807, 2.05) is 0 Å². The number of pyridine rings is 1. The lowest BCUT2D eigenvalue weighted by Gasteiger charge is -2.02. The number of nitrogens with zero attached hydrogens (tertiary/aromatic N) is 3. The van der Waals surface area contributed by atoms with E-state index in [1.54, 1.807) is 6.92 Å². The van der Waals surface area contributed by atoms with Crippen LogP contribution in [0.3, 0.4) is 0 Å². The molecule has 0 radical (unpaired) electrons. The van der Waals surface area contributed by atoms with Crippen molar-refractivity contribution in [3.63, 3.8) is 0 Å². The van der Waals surface area contributed by atoms with E-state index in [-0.39, 0.29) is 11.5 Å². The second kappa shape index (κ2) is 3.75. The molecule has 2 N–H and O–H groups in total. The van der Waals surface area contributed by atoms with Gasteiger partial charge in [0.15, 0.2) is 5.82 Å². The van der Waals surface area contributed by atoms with Crippen LogP contribution in [0.1, 0.15) is 5.56 Å². The topological polar surface area (TPSA) is 63.6 Å². The van der Waals surface area contributed by atoms with Crippen LogP contribution in [0.5, 0.6) is 0 Å². The molecule has 1 heterocycles. The fourth-order valence-corrected chi connectivity index (χ4v) is 0.842. The number of nitrogens with two attached hydrogens (primary N) is 1. The minimum atomic E-state index is -0.522. The summed E-state index contributed by atoms with van der Waals surface area (Å²) in [6.45, 7) is 4.83. The molecule has 0 saturated heterocycles. The lowest BCUT2D eigenvalue weighted by molar-refractivity contribution is 0.623. The molecule has 0 bridgehead atoms. The van der Waals surface area contributed by atoms with Crippen molar-refractivity contribution < 1.29 is 4.39 Å². The Morgan fingerprint density at radius 2 is 2.38 bits per heavy atom. The summed E-state index contributed by atoms with van der Waals surface area (Å²) in [5, 5.41) is 0. The smallest absolute Gasteiger partial charge is 0.167 e. The van der Waals surface area contributed by atoms with Gasteiger partial charge in [-0.2, -0.15) is 0 Å². The van der Waals surface area contributed by atoms with Crippen LogP contribution in [0.15, 0.2) is 16.2 Å². The second-order valence-electron chi connectivity index (χ2n) is 2.39. The van der Waals surface area contributed by atoms with Gasteiger partial charge in [-0.15, -0.1) is 0 Å². The Hall–Kier alpha value is -1.78. The van der Waals surface area contributed by atoms with Crippen LogP contribution in [-0.2, 0) is 0 Å². The van der Waals surface area contributed by atoms with Crippen molar-refractivity contribution in [2.75, 3.05) is 5.73 Å². The summed E-state index contributed by atoms with van der Waals surface area (Å²) in [6.07, 6.45) is 2.18. The highest BCUT2D eigenvalue weighted by Gasteiger charge is 2.07. The predicted molar refractivity (Wildman–Crippen MR) is 51.0 cm³/mol. The highest BCUT2D eigenvalue weighted by atomic mass is 19.1. The molecule has 0 aliphatic rings. The highest BCUT2D eigenvalue weighted by molar-refractivity contribution is 5.69. The summed E-state index contributed by atoms with van der Waals surface area (Å²) in [7, 11) is 0. The van der Waals surface area contributed by atoms with Crippen molar-refractivity contribution in [1.29, 1.82) is 0 Å². The van der Waals surface area contributed by atoms with Crippen molar-refractivity contribution >= 4 is 24.6 Å². The lowest BCUT2D eigenvalue weighted by atomic mass is 10.2. The van der Waals surface area contributed by atoms with E-state index < -0.39 is 5.82 Å². The van der Waals surface area contributed by atoms with E-state index in [0.717, 1.165) is 12.5 Å². The first kappa shape index (κ1) is 9.31. The van der Waals surface area contributed by atoms with Gasteiger partial charge in [-0.3, -0.25) is 4.99 Å². The van der Waals surface area contributed by atoms with Gasteiger partial charge < -0.3 is 5.73 Å². The van der Waals surface area contributed by atoms with Crippen molar-refractivity contribution in [3.8, 4) is 0 Å². The summed E-state index contributed by atoms with van der Waals surface area (Å²) < 4.78 is 13.1. The van der Waals surface area contributed by atoms with Gasteiger partial charge in [-0.1, -0.05) is 0 Å². The largest absolute Gasteiger partial charge is 0.383 e. The van der Waals surface area contributed by atoms with E-state index in [1.165, 1.54) is 0 Å². The van der Waals surface area contributed by atoms with Gasteiger partial charge in [0.1, 0.15) is 17.8 Å². The van der Waals surface area contributed by atoms with Crippen molar-refractivity contribution in [2.45, 2.75) is 6.92 Å². The Morgan fingerprint density at radius 1 is 1.69 bits per heavy atom. The maximum absolute atomic E-state index is 13.1. The molecular formula is C8H9FN4. The van der Waals surface area contributed by atoms with E-state index in [2.05, 4.69) is 21.7 Å². The number of nitrogen functional groups attached to an aromatic ring is 1. The van der Waals surface area contributed by atoms with Crippen LogP contribution in [-0.4, -0.2) is 18.0 Å². The molecule has 4 nitrogen and oxygen atoms in total. The molecule has 0 fully saturated rings. The summed E-state index contributed by atoms with van der Waals surface area (Å²) in [5.74, 6) is -0.260. The molecule has 5 heteroatoms. The molecule has 0 unspecified atom stereocenters. The Kier molecular flexibility index (Phi) is 2.69. The van der Waals surface area contributed by atoms with Crippen molar-refractivity contribution in [1.82, 2.24) is 4.98 Å². The quantitative estimate of drug-likeness (QED) is 0.553. The number of hydrogen-bond donors (Lipinski definition) is 1. The van der Waals surface area contributed by atoms with E-state index in [4.69, 9.17) is 5.73 Å². The molecule has 1 rings (SSSR count).